The van der Waals surface area contributed by atoms with Gasteiger partial charge in [0.15, 0.2) is 15.6 Å². The van der Waals surface area contributed by atoms with Crippen molar-refractivity contribution in [1.29, 1.82) is 0 Å². The molecule has 0 fully saturated rings. The summed E-state index contributed by atoms with van der Waals surface area (Å²) in [6.07, 6.45) is 0.825. The lowest BCUT2D eigenvalue weighted by Crippen LogP contribution is -2.47. The molecule has 0 aromatic carbocycles. The summed E-state index contributed by atoms with van der Waals surface area (Å²) in [5.74, 6) is -0.182. The molecule has 1 atom stereocenters. The first-order chi connectivity index (χ1) is 7.98. The Morgan fingerprint density at radius 3 is 2.82 bits per heavy atom. The number of Topliss-reactive ketones (excluding diaryl/α,β-unsaturated/α-hetero) is 1. The molecule has 1 aliphatic rings. The zero-order chi connectivity index (χ0) is 12.7. The van der Waals surface area contributed by atoms with E-state index in [4.69, 9.17) is 0 Å². The van der Waals surface area contributed by atoms with Crippen molar-refractivity contribution in [3.05, 3.63) is 17.0 Å². The molecule has 1 unspecified atom stereocenters. The lowest BCUT2D eigenvalue weighted by molar-refractivity contribution is 0.0934. The van der Waals surface area contributed by atoms with Gasteiger partial charge in [0.25, 0.3) is 0 Å². The molecule has 0 saturated carbocycles. The highest BCUT2D eigenvalue weighted by Crippen LogP contribution is 2.42. The lowest BCUT2D eigenvalue weighted by atomic mass is 9.94. The molecule has 0 bridgehead atoms. The first kappa shape index (κ1) is 12.7. The molecule has 2 rings (SSSR count). The van der Waals surface area contributed by atoms with Crippen LogP contribution in [0.25, 0.3) is 0 Å². The second-order valence-electron chi connectivity index (χ2n) is 4.32. The second kappa shape index (κ2) is 4.19. The number of rotatable bonds is 3. The Balaban J connectivity index is 2.65. The number of aliphatic hydroxyl groups is 1. The fourth-order valence-corrected chi connectivity index (χ4v) is 5.96. The van der Waals surface area contributed by atoms with Gasteiger partial charge in [-0.25, -0.2) is 8.42 Å². The minimum atomic E-state index is -3.60. The summed E-state index contributed by atoms with van der Waals surface area (Å²) in [5.41, 5.74) is 0.287. The standard InChI is InChI=1S/C11H14O4S2/c1-2-4-11(7-12)6-9(13)8-3-5-16-10(8)17(11,14)15/h3,5,12H,2,4,6-7H2,1H3. The zero-order valence-corrected chi connectivity index (χ0v) is 11.1. The van der Waals surface area contributed by atoms with Crippen molar-refractivity contribution in [3.63, 3.8) is 0 Å². The average molecular weight is 274 g/mol. The molecule has 0 spiro atoms. The van der Waals surface area contributed by atoms with Gasteiger partial charge in [0.05, 0.1) is 6.61 Å². The Morgan fingerprint density at radius 2 is 2.24 bits per heavy atom. The van der Waals surface area contributed by atoms with Crippen LogP contribution >= 0.6 is 11.3 Å². The van der Waals surface area contributed by atoms with Gasteiger partial charge in [-0.3, -0.25) is 4.79 Å². The van der Waals surface area contributed by atoms with Gasteiger partial charge in [-0.2, -0.15) is 0 Å². The smallest absolute Gasteiger partial charge is 0.196 e. The number of hydrogen-bond acceptors (Lipinski definition) is 5. The Hall–Kier alpha value is -0.720. The summed E-state index contributed by atoms with van der Waals surface area (Å²) in [6.45, 7) is 1.35. The number of sulfone groups is 1. The molecule has 1 aliphatic heterocycles. The van der Waals surface area contributed by atoms with Crippen LogP contribution < -0.4 is 0 Å². The summed E-state index contributed by atoms with van der Waals surface area (Å²) in [5, 5.41) is 11.1. The summed E-state index contributed by atoms with van der Waals surface area (Å²) in [6, 6.07) is 1.55. The van der Waals surface area contributed by atoms with Crippen LogP contribution in [0.4, 0.5) is 0 Å². The number of carbonyl (C=O) groups excluding carboxylic acids is 1. The van der Waals surface area contributed by atoms with Crippen LogP contribution in [0.15, 0.2) is 15.7 Å². The average Bonchev–Trinajstić information content (AvgIpc) is 2.76. The maximum Gasteiger partial charge on any atom is 0.196 e. The molecular formula is C11H14O4S2. The van der Waals surface area contributed by atoms with Crippen LogP contribution in [0.2, 0.25) is 0 Å². The number of hydrogen-bond donors (Lipinski definition) is 1. The number of thiophene rings is 1. The molecule has 0 saturated heterocycles. The van der Waals surface area contributed by atoms with E-state index in [0.29, 0.717) is 12.8 Å². The fraction of sp³-hybridized carbons (Fsp3) is 0.545. The highest BCUT2D eigenvalue weighted by Gasteiger charge is 2.51. The van der Waals surface area contributed by atoms with Crippen molar-refractivity contribution in [1.82, 2.24) is 0 Å². The van der Waals surface area contributed by atoms with Crippen LogP contribution in [-0.2, 0) is 9.84 Å². The molecule has 0 radical (unpaired) electrons. The second-order valence-corrected chi connectivity index (χ2v) is 7.77. The Bertz CT molecular complexity index is 544. The topological polar surface area (TPSA) is 71.4 Å². The Morgan fingerprint density at radius 1 is 1.53 bits per heavy atom. The summed E-state index contributed by atoms with van der Waals surface area (Å²) in [7, 11) is -3.60. The molecule has 17 heavy (non-hydrogen) atoms. The van der Waals surface area contributed by atoms with Crippen LogP contribution in [0.1, 0.15) is 36.5 Å². The molecule has 2 heterocycles. The van der Waals surface area contributed by atoms with Crippen LogP contribution in [-0.4, -0.2) is 30.7 Å². The quantitative estimate of drug-likeness (QED) is 0.909. The van der Waals surface area contributed by atoms with E-state index >= 15 is 0 Å². The van der Waals surface area contributed by atoms with Crippen molar-refractivity contribution in [2.45, 2.75) is 35.1 Å². The molecule has 0 amide bonds. The summed E-state index contributed by atoms with van der Waals surface area (Å²) < 4.78 is 23.7. The molecule has 1 aromatic heterocycles. The van der Waals surface area contributed by atoms with Crippen molar-refractivity contribution < 1.29 is 18.3 Å². The van der Waals surface area contributed by atoms with E-state index in [1.165, 1.54) is 0 Å². The van der Waals surface area contributed by atoms with Gasteiger partial charge in [-0.05, 0) is 17.9 Å². The molecule has 6 heteroatoms. The first-order valence-electron chi connectivity index (χ1n) is 5.45. The summed E-state index contributed by atoms with van der Waals surface area (Å²) in [4.78, 5) is 11.9. The first-order valence-corrected chi connectivity index (χ1v) is 7.81. The minimum Gasteiger partial charge on any atom is -0.395 e. The van der Waals surface area contributed by atoms with Gasteiger partial charge < -0.3 is 5.11 Å². The Kier molecular flexibility index (Phi) is 3.14. The third-order valence-electron chi connectivity index (χ3n) is 3.22. The van der Waals surface area contributed by atoms with E-state index in [1.54, 1.807) is 11.4 Å². The van der Waals surface area contributed by atoms with Crippen molar-refractivity contribution >= 4 is 27.0 Å². The van der Waals surface area contributed by atoms with Crippen LogP contribution in [0.5, 0.6) is 0 Å². The lowest BCUT2D eigenvalue weighted by Gasteiger charge is -2.33. The maximum atomic E-state index is 12.5. The Labute approximate surface area is 104 Å². The largest absolute Gasteiger partial charge is 0.395 e. The molecule has 0 aliphatic carbocycles. The number of fused-ring (bicyclic) bond motifs is 1. The van der Waals surface area contributed by atoms with Crippen molar-refractivity contribution in [2.24, 2.45) is 0 Å². The van der Waals surface area contributed by atoms with Crippen molar-refractivity contribution in [3.8, 4) is 0 Å². The fourth-order valence-electron chi connectivity index (χ4n) is 2.29. The number of aliphatic hydroxyl groups excluding tert-OH is 1. The predicted octanol–water partition coefficient (Wildman–Crippen LogP) is 1.64. The van der Waals surface area contributed by atoms with Gasteiger partial charge in [0.2, 0.25) is 0 Å². The zero-order valence-electron chi connectivity index (χ0n) is 9.47. The van der Waals surface area contributed by atoms with E-state index < -0.39 is 21.2 Å². The SMILES string of the molecule is CCCC1(CO)CC(=O)c2ccsc2S1(=O)=O. The molecule has 1 aromatic rings. The van der Waals surface area contributed by atoms with Gasteiger partial charge >= 0.3 is 0 Å². The van der Waals surface area contributed by atoms with E-state index in [-0.39, 0.29) is 22.0 Å². The normalized spacial score (nSPS) is 26.8. The molecule has 4 nitrogen and oxygen atoms in total. The van der Waals surface area contributed by atoms with Crippen molar-refractivity contribution in [2.75, 3.05) is 6.61 Å². The number of carbonyl (C=O) groups is 1. The predicted molar refractivity (Wildman–Crippen MR) is 65.2 cm³/mol. The monoisotopic (exact) mass is 274 g/mol. The molecule has 94 valence electrons. The van der Waals surface area contributed by atoms with Gasteiger partial charge in [-0.15, -0.1) is 11.3 Å². The molecule has 1 N–H and O–H groups in total. The highest BCUT2D eigenvalue weighted by atomic mass is 32.2. The van der Waals surface area contributed by atoms with Gasteiger partial charge in [0.1, 0.15) is 8.96 Å². The molecular weight excluding hydrogens is 260 g/mol. The van der Waals surface area contributed by atoms with E-state index in [1.807, 2.05) is 6.92 Å². The van der Waals surface area contributed by atoms with Crippen LogP contribution in [0, 0.1) is 0 Å². The maximum absolute atomic E-state index is 12.5. The highest BCUT2D eigenvalue weighted by molar-refractivity contribution is 7.95. The minimum absolute atomic E-state index is 0.108. The van der Waals surface area contributed by atoms with Crippen LogP contribution in [0.3, 0.4) is 0 Å². The van der Waals surface area contributed by atoms with E-state index in [2.05, 4.69) is 0 Å². The van der Waals surface area contributed by atoms with E-state index in [0.717, 1.165) is 11.3 Å². The van der Waals surface area contributed by atoms with Gasteiger partial charge in [0, 0.05) is 12.0 Å². The van der Waals surface area contributed by atoms with Gasteiger partial charge in [-0.1, -0.05) is 13.3 Å². The summed E-state index contributed by atoms with van der Waals surface area (Å²) >= 11 is 1.06. The third-order valence-corrected chi connectivity index (χ3v) is 7.20. The third kappa shape index (κ3) is 1.66. The van der Waals surface area contributed by atoms with E-state index in [9.17, 15) is 18.3 Å². The number of ketones is 1.